The monoisotopic (exact) mass is 260 g/mol. The molecule has 1 aliphatic heterocycles. The van der Waals surface area contributed by atoms with Crippen molar-refractivity contribution in [3.63, 3.8) is 0 Å². The van der Waals surface area contributed by atoms with Gasteiger partial charge in [-0.1, -0.05) is 12.1 Å². The number of hydrogen-bond acceptors (Lipinski definition) is 5. The van der Waals surface area contributed by atoms with Gasteiger partial charge >= 0.3 is 0 Å². The predicted molar refractivity (Wildman–Crippen MR) is 70.2 cm³/mol. The van der Waals surface area contributed by atoms with Crippen LogP contribution in [0.15, 0.2) is 23.6 Å². The van der Waals surface area contributed by atoms with Crippen LogP contribution in [-0.2, 0) is 12.8 Å². The summed E-state index contributed by atoms with van der Waals surface area (Å²) in [7, 11) is 0. The molecule has 0 bridgehead atoms. The summed E-state index contributed by atoms with van der Waals surface area (Å²) in [4.78, 5) is 16.3. The third-order valence-corrected chi connectivity index (χ3v) is 3.65. The maximum Gasteiger partial charge on any atom is 0.180 e. The topological polar surface area (TPSA) is 65.2 Å². The molecule has 0 unspecified atom stereocenters. The molecule has 92 valence electrons. The van der Waals surface area contributed by atoms with Gasteiger partial charge in [0.05, 0.1) is 24.3 Å². The highest BCUT2D eigenvalue weighted by Gasteiger charge is 2.20. The molecule has 4 nitrogen and oxygen atoms in total. The van der Waals surface area contributed by atoms with Gasteiger partial charge in [-0.15, -0.1) is 11.3 Å². The van der Waals surface area contributed by atoms with E-state index in [9.17, 15) is 4.79 Å². The van der Waals surface area contributed by atoms with Crippen LogP contribution >= 0.6 is 11.3 Å². The number of Topliss-reactive ketones (excluding diaryl/α,β-unsaturated/α-hetero) is 1. The van der Waals surface area contributed by atoms with Crippen LogP contribution in [0.5, 0.6) is 5.75 Å². The largest absolute Gasteiger partial charge is 0.492 e. The Morgan fingerprint density at radius 3 is 3.17 bits per heavy atom. The highest BCUT2D eigenvalue weighted by atomic mass is 32.1. The molecule has 0 saturated heterocycles. The first-order chi connectivity index (χ1) is 8.74. The summed E-state index contributed by atoms with van der Waals surface area (Å²) < 4.78 is 5.53. The van der Waals surface area contributed by atoms with Crippen LogP contribution in [0.3, 0.4) is 0 Å². The first-order valence-corrected chi connectivity index (χ1v) is 6.60. The minimum atomic E-state index is 0.0269. The van der Waals surface area contributed by atoms with Crippen molar-refractivity contribution in [1.82, 2.24) is 4.98 Å². The molecule has 0 radical (unpaired) electrons. The summed E-state index contributed by atoms with van der Waals surface area (Å²) in [5.74, 6) is 0.768. The van der Waals surface area contributed by atoms with Crippen molar-refractivity contribution in [3.8, 4) is 5.75 Å². The standard InChI is InChI=1S/C13H12N2O2S/c14-13-15-9(7-18-13)6-11(16)10-3-1-2-8-4-5-17-12(8)10/h1-3,7H,4-6H2,(H2,14,15). The summed E-state index contributed by atoms with van der Waals surface area (Å²) in [6, 6.07) is 5.71. The summed E-state index contributed by atoms with van der Waals surface area (Å²) in [5.41, 5.74) is 8.03. The second kappa shape index (κ2) is 4.42. The van der Waals surface area contributed by atoms with Crippen molar-refractivity contribution in [2.75, 3.05) is 12.3 Å². The molecule has 1 aromatic heterocycles. The number of benzene rings is 1. The van der Waals surface area contributed by atoms with Crippen molar-refractivity contribution < 1.29 is 9.53 Å². The van der Waals surface area contributed by atoms with E-state index in [4.69, 9.17) is 10.5 Å². The smallest absolute Gasteiger partial charge is 0.180 e. The maximum atomic E-state index is 12.2. The number of ketones is 1. The Kier molecular flexibility index (Phi) is 2.76. The fourth-order valence-electron chi connectivity index (χ4n) is 2.10. The summed E-state index contributed by atoms with van der Waals surface area (Å²) in [6.07, 6.45) is 1.15. The molecule has 0 aliphatic carbocycles. The zero-order valence-electron chi connectivity index (χ0n) is 9.68. The molecular formula is C13H12N2O2S. The Hall–Kier alpha value is -1.88. The number of fused-ring (bicyclic) bond motifs is 1. The lowest BCUT2D eigenvalue weighted by Crippen LogP contribution is -2.06. The molecule has 0 spiro atoms. The fraction of sp³-hybridized carbons (Fsp3) is 0.231. The van der Waals surface area contributed by atoms with Crippen LogP contribution in [0.25, 0.3) is 0 Å². The Labute approximate surface area is 108 Å². The zero-order valence-corrected chi connectivity index (χ0v) is 10.5. The van der Waals surface area contributed by atoms with Gasteiger partial charge in [0.15, 0.2) is 10.9 Å². The SMILES string of the molecule is Nc1nc(CC(=O)c2cccc3c2OCC3)cs1. The van der Waals surface area contributed by atoms with E-state index in [2.05, 4.69) is 4.98 Å². The van der Waals surface area contributed by atoms with Crippen LogP contribution < -0.4 is 10.5 Å². The predicted octanol–water partition coefficient (Wildman–Crippen LogP) is 2.09. The number of para-hydroxylation sites is 1. The molecule has 18 heavy (non-hydrogen) atoms. The molecule has 5 heteroatoms. The van der Waals surface area contributed by atoms with Gasteiger partial charge < -0.3 is 10.5 Å². The van der Waals surface area contributed by atoms with E-state index in [0.717, 1.165) is 23.4 Å². The number of nitrogens with two attached hydrogens (primary N) is 1. The quantitative estimate of drug-likeness (QED) is 0.858. The Morgan fingerprint density at radius 1 is 1.50 bits per heavy atom. The van der Waals surface area contributed by atoms with E-state index in [1.165, 1.54) is 11.3 Å². The minimum Gasteiger partial charge on any atom is -0.492 e. The number of ether oxygens (including phenoxy) is 1. The van der Waals surface area contributed by atoms with E-state index >= 15 is 0 Å². The molecule has 0 atom stereocenters. The molecule has 0 amide bonds. The fourth-order valence-corrected chi connectivity index (χ4v) is 2.66. The Balaban J connectivity index is 1.87. The average Bonchev–Trinajstić information content (AvgIpc) is 2.97. The van der Waals surface area contributed by atoms with Gasteiger partial charge in [-0.3, -0.25) is 4.79 Å². The summed E-state index contributed by atoms with van der Waals surface area (Å²) >= 11 is 1.35. The number of nitrogen functional groups attached to an aromatic ring is 1. The molecule has 1 aliphatic rings. The lowest BCUT2D eigenvalue weighted by atomic mass is 10.0. The van der Waals surface area contributed by atoms with E-state index in [0.29, 0.717) is 17.3 Å². The molecular weight excluding hydrogens is 248 g/mol. The number of carbonyl (C=O) groups excluding carboxylic acids is 1. The molecule has 2 aromatic rings. The first kappa shape index (κ1) is 11.2. The van der Waals surface area contributed by atoms with Gasteiger partial charge in [-0.2, -0.15) is 0 Å². The van der Waals surface area contributed by atoms with E-state index < -0.39 is 0 Å². The highest BCUT2D eigenvalue weighted by Crippen LogP contribution is 2.30. The normalized spacial score (nSPS) is 13.1. The minimum absolute atomic E-state index is 0.0269. The summed E-state index contributed by atoms with van der Waals surface area (Å²) in [5, 5.41) is 2.31. The van der Waals surface area contributed by atoms with Crippen LogP contribution in [0.1, 0.15) is 21.6 Å². The second-order valence-electron chi connectivity index (χ2n) is 4.17. The van der Waals surface area contributed by atoms with E-state index in [1.807, 2.05) is 23.6 Å². The maximum absolute atomic E-state index is 12.2. The number of carbonyl (C=O) groups is 1. The average molecular weight is 260 g/mol. The van der Waals surface area contributed by atoms with Gasteiger partial charge in [0, 0.05) is 11.8 Å². The summed E-state index contributed by atoms with van der Waals surface area (Å²) in [6.45, 7) is 0.656. The lowest BCUT2D eigenvalue weighted by Gasteiger charge is -2.05. The second-order valence-corrected chi connectivity index (χ2v) is 5.06. The van der Waals surface area contributed by atoms with Gasteiger partial charge in [0.2, 0.25) is 0 Å². The van der Waals surface area contributed by atoms with Crippen molar-refractivity contribution in [3.05, 3.63) is 40.4 Å². The van der Waals surface area contributed by atoms with Crippen LogP contribution in [-0.4, -0.2) is 17.4 Å². The van der Waals surface area contributed by atoms with Crippen LogP contribution in [0.4, 0.5) is 5.13 Å². The molecule has 1 aromatic carbocycles. The number of hydrogen-bond donors (Lipinski definition) is 1. The van der Waals surface area contributed by atoms with Crippen molar-refractivity contribution in [1.29, 1.82) is 0 Å². The lowest BCUT2D eigenvalue weighted by molar-refractivity contribution is 0.0989. The van der Waals surface area contributed by atoms with Crippen molar-refractivity contribution >= 4 is 22.3 Å². The molecule has 0 saturated carbocycles. The molecule has 3 rings (SSSR count). The van der Waals surface area contributed by atoms with Gasteiger partial charge in [0.1, 0.15) is 5.75 Å². The Morgan fingerprint density at radius 2 is 2.39 bits per heavy atom. The molecule has 2 heterocycles. The van der Waals surface area contributed by atoms with E-state index in [1.54, 1.807) is 0 Å². The van der Waals surface area contributed by atoms with Gasteiger partial charge in [0.25, 0.3) is 0 Å². The van der Waals surface area contributed by atoms with E-state index in [-0.39, 0.29) is 12.2 Å². The van der Waals surface area contributed by atoms with Crippen molar-refractivity contribution in [2.45, 2.75) is 12.8 Å². The first-order valence-electron chi connectivity index (χ1n) is 5.72. The highest BCUT2D eigenvalue weighted by molar-refractivity contribution is 7.13. The Bertz CT molecular complexity index is 607. The zero-order chi connectivity index (χ0) is 12.5. The molecule has 0 fully saturated rings. The number of aromatic nitrogens is 1. The van der Waals surface area contributed by atoms with Crippen LogP contribution in [0.2, 0.25) is 0 Å². The van der Waals surface area contributed by atoms with Gasteiger partial charge in [-0.25, -0.2) is 4.98 Å². The van der Waals surface area contributed by atoms with Gasteiger partial charge in [-0.05, 0) is 11.6 Å². The third kappa shape index (κ3) is 1.97. The number of nitrogens with zero attached hydrogens (tertiary/aromatic N) is 1. The van der Waals surface area contributed by atoms with Crippen LogP contribution in [0, 0.1) is 0 Å². The third-order valence-electron chi connectivity index (χ3n) is 2.93. The number of anilines is 1. The van der Waals surface area contributed by atoms with Crippen molar-refractivity contribution in [2.24, 2.45) is 0 Å². The molecule has 2 N–H and O–H groups in total. The number of rotatable bonds is 3. The number of thiazole rings is 1.